The first-order chi connectivity index (χ1) is 6.38. The summed E-state index contributed by atoms with van der Waals surface area (Å²) in [5.74, 6) is 6.86. The Balaban J connectivity index is 2.15. The molecule has 1 saturated carbocycles. The molecule has 13 heavy (non-hydrogen) atoms. The van der Waals surface area contributed by atoms with E-state index in [-0.39, 0.29) is 0 Å². The van der Waals surface area contributed by atoms with Gasteiger partial charge in [-0.3, -0.25) is 0 Å². The Morgan fingerprint density at radius 3 is 3.08 bits per heavy atom. The fraction of sp³-hybridized carbons (Fsp3) is 0.364. The molecule has 0 bridgehead atoms. The van der Waals surface area contributed by atoms with Crippen molar-refractivity contribution in [3.63, 3.8) is 0 Å². The summed E-state index contributed by atoms with van der Waals surface area (Å²) >= 11 is 0. The standard InChI is InChI=1S/C11H12N2/c12-8-10-5-6-13-11(7-10)4-3-9-1-2-9/h5-7,9H,1-2,8,12H2. The molecular weight excluding hydrogens is 160 g/mol. The lowest BCUT2D eigenvalue weighted by Gasteiger charge is -1.94. The molecule has 1 aromatic rings. The van der Waals surface area contributed by atoms with Crippen molar-refractivity contribution in [2.24, 2.45) is 11.7 Å². The Morgan fingerprint density at radius 1 is 1.54 bits per heavy atom. The first kappa shape index (κ1) is 8.28. The molecule has 1 aliphatic rings. The summed E-state index contributed by atoms with van der Waals surface area (Å²) in [6.07, 6.45) is 4.27. The van der Waals surface area contributed by atoms with Crippen molar-refractivity contribution in [3.05, 3.63) is 29.6 Å². The zero-order valence-electron chi connectivity index (χ0n) is 7.46. The minimum Gasteiger partial charge on any atom is -0.326 e. The summed E-state index contributed by atoms with van der Waals surface area (Å²) in [7, 11) is 0. The van der Waals surface area contributed by atoms with Crippen molar-refractivity contribution in [1.29, 1.82) is 0 Å². The van der Waals surface area contributed by atoms with E-state index in [1.807, 2.05) is 12.1 Å². The van der Waals surface area contributed by atoms with Gasteiger partial charge in [-0.1, -0.05) is 5.92 Å². The molecule has 2 rings (SSSR count). The minimum atomic E-state index is 0.556. The van der Waals surface area contributed by atoms with Crippen LogP contribution in [0.15, 0.2) is 18.3 Å². The topological polar surface area (TPSA) is 38.9 Å². The number of aromatic nitrogens is 1. The minimum absolute atomic E-state index is 0.556. The lowest BCUT2D eigenvalue weighted by atomic mass is 10.2. The largest absolute Gasteiger partial charge is 0.326 e. The molecule has 0 atom stereocenters. The monoisotopic (exact) mass is 172 g/mol. The van der Waals surface area contributed by atoms with Crippen LogP contribution >= 0.6 is 0 Å². The molecule has 0 amide bonds. The number of hydrogen-bond acceptors (Lipinski definition) is 2. The maximum absolute atomic E-state index is 5.51. The van der Waals surface area contributed by atoms with Gasteiger partial charge >= 0.3 is 0 Å². The smallest absolute Gasteiger partial charge is 0.113 e. The molecule has 66 valence electrons. The third kappa shape index (κ3) is 2.30. The van der Waals surface area contributed by atoms with Crippen molar-refractivity contribution in [3.8, 4) is 11.8 Å². The van der Waals surface area contributed by atoms with E-state index in [0.29, 0.717) is 12.5 Å². The number of rotatable bonds is 1. The van der Waals surface area contributed by atoms with E-state index in [2.05, 4.69) is 16.8 Å². The van der Waals surface area contributed by atoms with Crippen LogP contribution in [-0.4, -0.2) is 4.98 Å². The highest BCUT2D eigenvalue weighted by Crippen LogP contribution is 2.27. The summed E-state index contributed by atoms with van der Waals surface area (Å²) in [6.45, 7) is 0.556. The number of nitrogens with two attached hydrogens (primary N) is 1. The second kappa shape index (κ2) is 3.59. The van der Waals surface area contributed by atoms with Crippen LogP contribution in [0.4, 0.5) is 0 Å². The van der Waals surface area contributed by atoms with Crippen molar-refractivity contribution in [2.75, 3.05) is 0 Å². The molecule has 1 fully saturated rings. The second-order valence-electron chi connectivity index (χ2n) is 3.30. The van der Waals surface area contributed by atoms with E-state index in [0.717, 1.165) is 11.3 Å². The van der Waals surface area contributed by atoms with Gasteiger partial charge in [0.25, 0.3) is 0 Å². The van der Waals surface area contributed by atoms with Gasteiger partial charge in [0.15, 0.2) is 0 Å². The molecule has 2 N–H and O–H groups in total. The Kier molecular flexibility index (Phi) is 2.29. The highest BCUT2D eigenvalue weighted by atomic mass is 14.7. The van der Waals surface area contributed by atoms with Gasteiger partial charge in [0.1, 0.15) is 5.69 Å². The molecule has 2 heteroatoms. The zero-order chi connectivity index (χ0) is 9.10. The Bertz CT molecular complexity index is 356. The molecule has 0 unspecified atom stereocenters. The summed E-state index contributed by atoms with van der Waals surface area (Å²) in [4.78, 5) is 4.16. The Hall–Kier alpha value is -1.33. The van der Waals surface area contributed by atoms with Gasteiger partial charge in [-0.05, 0) is 36.5 Å². The summed E-state index contributed by atoms with van der Waals surface area (Å²) in [5, 5.41) is 0. The molecule has 0 spiro atoms. The molecule has 1 aliphatic carbocycles. The lowest BCUT2D eigenvalue weighted by Crippen LogP contribution is -1.97. The van der Waals surface area contributed by atoms with Gasteiger partial charge in [0.2, 0.25) is 0 Å². The van der Waals surface area contributed by atoms with Gasteiger partial charge in [-0.2, -0.15) is 0 Å². The number of pyridine rings is 1. The zero-order valence-corrected chi connectivity index (χ0v) is 7.46. The predicted octanol–water partition coefficient (Wildman–Crippen LogP) is 1.30. The maximum atomic E-state index is 5.51. The maximum Gasteiger partial charge on any atom is 0.113 e. The summed E-state index contributed by atoms with van der Waals surface area (Å²) in [5.41, 5.74) is 7.45. The average Bonchev–Trinajstić information content (AvgIpc) is 2.99. The number of hydrogen-bond donors (Lipinski definition) is 1. The molecule has 1 heterocycles. The fourth-order valence-electron chi connectivity index (χ4n) is 1.07. The lowest BCUT2D eigenvalue weighted by molar-refractivity contribution is 1.05. The second-order valence-corrected chi connectivity index (χ2v) is 3.30. The molecular formula is C11H12N2. The van der Waals surface area contributed by atoms with Crippen LogP contribution in [0.2, 0.25) is 0 Å². The highest BCUT2D eigenvalue weighted by molar-refractivity contribution is 5.32. The van der Waals surface area contributed by atoms with Crippen LogP contribution in [0.3, 0.4) is 0 Å². The average molecular weight is 172 g/mol. The Labute approximate surface area is 78.2 Å². The molecule has 2 nitrogen and oxygen atoms in total. The Morgan fingerprint density at radius 2 is 2.38 bits per heavy atom. The molecule has 1 aromatic heterocycles. The highest BCUT2D eigenvalue weighted by Gasteiger charge is 2.17. The fourth-order valence-corrected chi connectivity index (χ4v) is 1.07. The van der Waals surface area contributed by atoms with E-state index in [1.165, 1.54) is 12.8 Å². The molecule has 0 aromatic carbocycles. The van der Waals surface area contributed by atoms with Gasteiger partial charge in [-0.25, -0.2) is 4.98 Å². The van der Waals surface area contributed by atoms with Gasteiger partial charge in [0.05, 0.1) is 0 Å². The van der Waals surface area contributed by atoms with E-state index < -0.39 is 0 Å². The van der Waals surface area contributed by atoms with Gasteiger partial charge in [0, 0.05) is 18.7 Å². The van der Waals surface area contributed by atoms with Gasteiger partial charge in [-0.15, -0.1) is 0 Å². The quantitative estimate of drug-likeness (QED) is 0.648. The third-order valence-corrected chi connectivity index (χ3v) is 2.04. The van der Waals surface area contributed by atoms with E-state index in [9.17, 15) is 0 Å². The van der Waals surface area contributed by atoms with Gasteiger partial charge < -0.3 is 5.73 Å². The summed E-state index contributed by atoms with van der Waals surface area (Å²) in [6, 6.07) is 3.87. The third-order valence-electron chi connectivity index (χ3n) is 2.04. The van der Waals surface area contributed by atoms with Crippen LogP contribution in [0.5, 0.6) is 0 Å². The van der Waals surface area contributed by atoms with Crippen LogP contribution in [-0.2, 0) is 6.54 Å². The van der Waals surface area contributed by atoms with Crippen LogP contribution in [0.1, 0.15) is 24.1 Å². The van der Waals surface area contributed by atoms with E-state index in [4.69, 9.17) is 5.73 Å². The van der Waals surface area contributed by atoms with Crippen LogP contribution in [0, 0.1) is 17.8 Å². The van der Waals surface area contributed by atoms with E-state index >= 15 is 0 Å². The van der Waals surface area contributed by atoms with E-state index in [1.54, 1.807) is 6.20 Å². The normalized spacial score (nSPS) is 14.8. The summed E-state index contributed by atoms with van der Waals surface area (Å²) < 4.78 is 0. The SMILES string of the molecule is NCc1ccnc(C#CC2CC2)c1. The van der Waals surface area contributed by atoms with Crippen molar-refractivity contribution >= 4 is 0 Å². The van der Waals surface area contributed by atoms with Crippen LogP contribution < -0.4 is 5.73 Å². The van der Waals surface area contributed by atoms with Crippen molar-refractivity contribution in [1.82, 2.24) is 4.98 Å². The first-order valence-electron chi connectivity index (χ1n) is 4.55. The van der Waals surface area contributed by atoms with Crippen molar-refractivity contribution in [2.45, 2.75) is 19.4 Å². The van der Waals surface area contributed by atoms with Crippen LogP contribution in [0.25, 0.3) is 0 Å². The first-order valence-corrected chi connectivity index (χ1v) is 4.55. The number of nitrogens with zero attached hydrogens (tertiary/aromatic N) is 1. The predicted molar refractivity (Wildman–Crippen MR) is 51.7 cm³/mol. The molecule has 0 saturated heterocycles. The molecule has 0 radical (unpaired) electrons. The van der Waals surface area contributed by atoms with Crippen molar-refractivity contribution < 1.29 is 0 Å². The molecule has 0 aliphatic heterocycles.